The summed E-state index contributed by atoms with van der Waals surface area (Å²) in [6.07, 6.45) is 0. The number of pyridine rings is 1. The molecule has 2 rings (SSSR count). The highest BCUT2D eigenvalue weighted by Crippen LogP contribution is 2.07. The molecule has 0 spiro atoms. The van der Waals surface area contributed by atoms with E-state index in [2.05, 4.69) is 10.3 Å². The molecule has 1 aromatic carbocycles. The van der Waals surface area contributed by atoms with Gasteiger partial charge in [0, 0.05) is 6.54 Å². The fraction of sp³-hybridized carbons (Fsp3) is 0.143. The minimum Gasteiger partial charge on any atom is -0.392 e. The fourth-order valence-corrected chi connectivity index (χ4v) is 1.81. The Morgan fingerprint density at radius 2 is 1.95 bits per heavy atom. The molecular formula is C14H13ClN2O2. The number of carbonyl (C=O) groups is 1. The van der Waals surface area contributed by atoms with Gasteiger partial charge in [0.05, 0.1) is 6.61 Å². The molecule has 1 aromatic heterocycles. The summed E-state index contributed by atoms with van der Waals surface area (Å²) < 4.78 is 0. The van der Waals surface area contributed by atoms with Crippen LogP contribution < -0.4 is 5.32 Å². The smallest absolute Gasteiger partial charge is 0.270 e. The second kappa shape index (κ2) is 6.31. The Morgan fingerprint density at radius 1 is 1.21 bits per heavy atom. The number of nitrogens with one attached hydrogen (secondary N) is 1. The van der Waals surface area contributed by atoms with Crippen LogP contribution in [0.15, 0.2) is 42.5 Å². The van der Waals surface area contributed by atoms with Crippen molar-refractivity contribution < 1.29 is 9.90 Å². The topological polar surface area (TPSA) is 62.2 Å². The number of hydrogen-bond acceptors (Lipinski definition) is 3. The Hall–Kier alpha value is -1.91. The lowest BCUT2D eigenvalue weighted by Gasteiger charge is -2.06. The summed E-state index contributed by atoms with van der Waals surface area (Å²) in [5.41, 5.74) is 2.01. The molecule has 4 nitrogen and oxygen atoms in total. The Balaban J connectivity index is 2.00. The van der Waals surface area contributed by atoms with Gasteiger partial charge in [-0.2, -0.15) is 0 Å². The van der Waals surface area contributed by atoms with Crippen LogP contribution in [0.4, 0.5) is 0 Å². The molecule has 5 heteroatoms. The van der Waals surface area contributed by atoms with Gasteiger partial charge in [-0.1, -0.05) is 41.9 Å². The molecule has 1 amide bonds. The van der Waals surface area contributed by atoms with Crippen molar-refractivity contribution in [3.8, 4) is 0 Å². The zero-order valence-corrected chi connectivity index (χ0v) is 10.9. The van der Waals surface area contributed by atoms with E-state index < -0.39 is 0 Å². The second-order valence-electron chi connectivity index (χ2n) is 4.01. The number of rotatable bonds is 4. The van der Waals surface area contributed by atoms with Gasteiger partial charge in [-0.05, 0) is 23.3 Å². The normalized spacial score (nSPS) is 10.2. The summed E-state index contributed by atoms with van der Waals surface area (Å²) in [6.45, 7) is 0.360. The monoisotopic (exact) mass is 276 g/mol. The summed E-state index contributed by atoms with van der Waals surface area (Å²) >= 11 is 5.73. The van der Waals surface area contributed by atoms with Crippen LogP contribution in [0.3, 0.4) is 0 Å². The Kier molecular flexibility index (Phi) is 4.49. The maximum Gasteiger partial charge on any atom is 0.270 e. The molecule has 98 valence electrons. The van der Waals surface area contributed by atoms with E-state index in [1.165, 1.54) is 0 Å². The summed E-state index contributed by atoms with van der Waals surface area (Å²) in [5, 5.41) is 12.1. The zero-order valence-electron chi connectivity index (χ0n) is 10.1. The summed E-state index contributed by atoms with van der Waals surface area (Å²) in [7, 11) is 0. The molecule has 2 aromatic rings. The summed E-state index contributed by atoms with van der Waals surface area (Å²) in [6, 6.07) is 12.3. The van der Waals surface area contributed by atoms with E-state index in [0.717, 1.165) is 11.1 Å². The highest BCUT2D eigenvalue weighted by Gasteiger charge is 2.07. The van der Waals surface area contributed by atoms with E-state index in [0.29, 0.717) is 6.54 Å². The van der Waals surface area contributed by atoms with Crippen molar-refractivity contribution >= 4 is 17.5 Å². The molecular weight excluding hydrogens is 264 g/mol. The maximum absolute atomic E-state index is 11.8. The third-order valence-electron chi connectivity index (χ3n) is 2.57. The van der Waals surface area contributed by atoms with Gasteiger partial charge in [-0.15, -0.1) is 0 Å². The molecule has 0 saturated carbocycles. The van der Waals surface area contributed by atoms with Crippen molar-refractivity contribution in [2.24, 2.45) is 0 Å². The molecule has 0 aliphatic carbocycles. The molecule has 0 aliphatic heterocycles. The van der Waals surface area contributed by atoms with Crippen LogP contribution in [0.1, 0.15) is 21.6 Å². The largest absolute Gasteiger partial charge is 0.392 e. The third-order valence-corrected chi connectivity index (χ3v) is 2.79. The van der Waals surface area contributed by atoms with Crippen LogP contribution in [0.2, 0.25) is 5.15 Å². The Labute approximate surface area is 116 Å². The van der Waals surface area contributed by atoms with Gasteiger partial charge in [0.2, 0.25) is 0 Å². The van der Waals surface area contributed by atoms with Gasteiger partial charge in [0.15, 0.2) is 0 Å². The first-order chi connectivity index (χ1) is 9.19. The molecule has 0 fully saturated rings. The van der Waals surface area contributed by atoms with E-state index in [1.807, 2.05) is 24.3 Å². The van der Waals surface area contributed by atoms with Gasteiger partial charge >= 0.3 is 0 Å². The van der Waals surface area contributed by atoms with Crippen molar-refractivity contribution in [1.29, 1.82) is 0 Å². The maximum atomic E-state index is 11.8. The number of amides is 1. The first-order valence-electron chi connectivity index (χ1n) is 5.78. The predicted octanol–water partition coefficient (Wildman–Crippen LogP) is 2.16. The van der Waals surface area contributed by atoms with Crippen molar-refractivity contribution in [2.75, 3.05) is 0 Å². The quantitative estimate of drug-likeness (QED) is 0.841. The van der Waals surface area contributed by atoms with Crippen LogP contribution >= 0.6 is 11.6 Å². The van der Waals surface area contributed by atoms with E-state index in [-0.39, 0.29) is 23.4 Å². The average Bonchev–Trinajstić information content (AvgIpc) is 2.45. The molecule has 0 unspecified atom stereocenters. The van der Waals surface area contributed by atoms with E-state index in [1.54, 1.807) is 18.2 Å². The van der Waals surface area contributed by atoms with Gasteiger partial charge < -0.3 is 10.4 Å². The number of halogens is 1. The first kappa shape index (κ1) is 13.5. The van der Waals surface area contributed by atoms with Crippen LogP contribution in [-0.4, -0.2) is 16.0 Å². The number of benzene rings is 1. The molecule has 19 heavy (non-hydrogen) atoms. The van der Waals surface area contributed by atoms with Gasteiger partial charge in [0.1, 0.15) is 10.8 Å². The van der Waals surface area contributed by atoms with Crippen molar-refractivity contribution in [3.63, 3.8) is 0 Å². The number of aliphatic hydroxyl groups excluding tert-OH is 1. The van der Waals surface area contributed by atoms with Gasteiger partial charge in [0.25, 0.3) is 5.91 Å². The molecule has 2 N–H and O–H groups in total. The van der Waals surface area contributed by atoms with Gasteiger partial charge in [-0.25, -0.2) is 4.98 Å². The molecule has 1 heterocycles. The van der Waals surface area contributed by atoms with Crippen LogP contribution in [-0.2, 0) is 13.2 Å². The lowest BCUT2D eigenvalue weighted by atomic mass is 10.1. The zero-order chi connectivity index (χ0) is 13.7. The molecule has 0 atom stereocenters. The average molecular weight is 277 g/mol. The molecule has 0 bridgehead atoms. The van der Waals surface area contributed by atoms with Crippen molar-refractivity contribution in [3.05, 3.63) is 64.4 Å². The van der Waals surface area contributed by atoms with E-state index in [4.69, 9.17) is 16.7 Å². The number of carbonyl (C=O) groups excluding carboxylic acids is 1. The van der Waals surface area contributed by atoms with Crippen LogP contribution in [0.5, 0.6) is 0 Å². The summed E-state index contributed by atoms with van der Waals surface area (Å²) in [5.74, 6) is -0.281. The van der Waals surface area contributed by atoms with E-state index in [9.17, 15) is 4.79 Å². The highest BCUT2D eigenvalue weighted by molar-refractivity contribution is 6.29. The van der Waals surface area contributed by atoms with Crippen molar-refractivity contribution in [2.45, 2.75) is 13.2 Å². The minimum atomic E-state index is -0.281. The van der Waals surface area contributed by atoms with Gasteiger partial charge in [-0.3, -0.25) is 4.79 Å². The fourth-order valence-electron chi connectivity index (χ4n) is 1.65. The van der Waals surface area contributed by atoms with Crippen LogP contribution in [0.25, 0.3) is 0 Å². The molecule has 0 aliphatic rings. The first-order valence-corrected chi connectivity index (χ1v) is 6.16. The number of nitrogens with zero attached hydrogens (tertiary/aromatic N) is 1. The number of hydrogen-bond donors (Lipinski definition) is 2. The molecule has 0 saturated heterocycles. The van der Waals surface area contributed by atoms with E-state index >= 15 is 0 Å². The minimum absolute atomic E-state index is 0.0162. The lowest BCUT2D eigenvalue weighted by Crippen LogP contribution is -2.23. The Bertz CT molecular complexity index is 587. The Morgan fingerprint density at radius 3 is 2.68 bits per heavy atom. The summed E-state index contributed by atoms with van der Waals surface area (Å²) in [4.78, 5) is 15.8. The molecule has 0 radical (unpaired) electrons. The second-order valence-corrected chi connectivity index (χ2v) is 4.39. The predicted molar refractivity (Wildman–Crippen MR) is 72.8 cm³/mol. The van der Waals surface area contributed by atoms with Crippen molar-refractivity contribution in [1.82, 2.24) is 10.3 Å². The SMILES string of the molecule is O=C(NCc1cccc(CO)c1)c1cccc(Cl)n1. The third kappa shape index (κ3) is 3.77. The standard InChI is InChI=1S/C14H13ClN2O2/c15-13-6-2-5-12(17-13)14(19)16-8-10-3-1-4-11(7-10)9-18/h1-7,18H,8-9H2,(H,16,19). The highest BCUT2D eigenvalue weighted by atomic mass is 35.5. The van der Waals surface area contributed by atoms with Crippen LogP contribution in [0, 0.1) is 0 Å². The number of aromatic nitrogens is 1. The number of aliphatic hydroxyl groups is 1. The lowest BCUT2D eigenvalue weighted by molar-refractivity contribution is 0.0946.